The predicted molar refractivity (Wildman–Crippen MR) is 53.9 cm³/mol. The predicted octanol–water partition coefficient (Wildman–Crippen LogP) is 2.29. The molecule has 0 aromatic heterocycles. The van der Waals surface area contributed by atoms with Gasteiger partial charge in [-0.25, -0.2) is 0 Å². The van der Waals surface area contributed by atoms with Gasteiger partial charge in [-0.1, -0.05) is 13.3 Å². The number of hydrogen-bond acceptors (Lipinski definition) is 2. The molecule has 0 aliphatic carbocycles. The van der Waals surface area contributed by atoms with Crippen LogP contribution in [0.3, 0.4) is 0 Å². The van der Waals surface area contributed by atoms with E-state index < -0.39 is 0 Å². The lowest BCUT2D eigenvalue weighted by atomic mass is 10.2. The van der Waals surface area contributed by atoms with Crippen LogP contribution >= 0.6 is 0 Å². The monoisotopic (exact) mass is 163 g/mol. The Bertz CT molecular complexity index is 216. The minimum Gasteiger partial charge on any atom is -0.399 e. The molecule has 3 N–H and O–H groups in total. The van der Waals surface area contributed by atoms with E-state index in [0.717, 1.165) is 24.3 Å². The zero-order valence-corrected chi connectivity index (χ0v) is 7.38. The van der Waals surface area contributed by atoms with Gasteiger partial charge in [-0.15, -0.1) is 0 Å². The quantitative estimate of drug-likeness (QED) is 0.528. The minimum absolute atomic E-state index is 0.806. The molecule has 1 rings (SSSR count). The van der Waals surface area contributed by atoms with Crippen molar-refractivity contribution in [1.29, 1.82) is 0 Å². The molecule has 65 valence electrons. The molecule has 1 aromatic carbocycles. The lowest BCUT2D eigenvalue weighted by Gasteiger charge is -2.04. The first-order valence-electron chi connectivity index (χ1n) is 4.24. The van der Waals surface area contributed by atoms with Crippen molar-refractivity contribution in [2.24, 2.45) is 0 Å². The van der Waals surface area contributed by atoms with Gasteiger partial charge in [0.25, 0.3) is 0 Å². The molecule has 0 spiro atoms. The summed E-state index contributed by atoms with van der Waals surface area (Å²) in [6, 6.07) is 7.76. The van der Waals surface area contributed by atoms with Gasteiger partial charge >= 0.3 is 0 Å². The van der Waals surface area contributed by atoms with E-state index in [1.54, 1.807) is 0 Å². The summed E-state index contributed by atoms with van der Waals surface area (Å²) < 4.78 is 0. The number of nitrogens with one attached hydrogen (secondary N) is 1. The van der Waals surface area contributed by atoms with Gasteiger partial charge in [0, 0.05) is 17.9 Å². The first kappa shape index (κ1) is 8.91. The van der Waals surface area contributed by atoms with Crippen LogP contribution in [0.25, 0.3) is 0 Å². The van der Waals surface area contributed by atoms with Crippen molar-refractivity contribution in [1.82, 2.24) is 0 Å². The summed E-state index contributed by atoms with van der Waals surface area (Å²) in [4.78, 5) is 0. The average Bonchev–Trinajstić information content (AvgIpc) is 2.09. The van der Waals surface area contributed by atoms with Crippen molar-refractivity contribution in [3.8, 4) is 0 Å². The van der Waals surface area contributed by atoms with Gasteiger partial charge in [0.15, 0.2) is 0 Å². The van der Waals surface area contributed by atoms with Crippen LogP contribution in [0.5, 0.6) is 0 Å². The molecule has 1 aromatic rings. The maximum atomic E-state index is 5.55. The van der Waals surface area contributed by atoms with E-state index in [1.165, 1.54) is 0 Å². The number of unbranched alkanes of at least 4 members (excludes halogenated alkanes) is 1. The van der Waals surface area contributed by atoms with Crippen LogP contribution < -0.4 is 11.1 Å². The van der Waals surface area contributed by atoms with E-state index in [9.17, 15) is 0 Å². The Kier molecular flexibility index (Phi) is 3.45. The molecule has 0 saturated heterocycles. The van der Waals surface area contributed by atoms with Crippen molar-refractivity contribution < 1.29 is 0 Å². The summed E-state index contributed by atoms with van der Waals surface area (Å²) in [5.74, 6) is 0. The number of nitrogen functional groups attached to an aromatic ring is 1. The Morgan fingerprint density at radius 3 is 2.58 bits per heavy atom. The number of benzene rings is 1. The summed E-state index contributed by atoms with van der Waals surface area (Å²) in [5, 5.41) is 3.26. The second-order valence-electron chi connectivity index (χ2n) is 2.70. The van der Waals surface area contributed by atoms with Gasteiger partial charge in [-0.05, 0) is 30.7 Å². The van der Waals surface area contributed by atoms with Crippen molar-refractivity contribution in [3.63, 3.8) is 0 Å². The zero-order chi connectivity index (χ0) is 8.81. The van der Waals surface area contributed by atoms with Crippen LogP contribution in [0.15, 0.2) is 24.3 Å². The van der Waals surface area contributed by atoms with Gasteiger partial charge < -0.3 is 11.1 Å². The molecule has 0 amide bonds. The molecular weight excluding hydrogens is 148 g/mol. The van der Waals surface area contributed by atoms with Gasteiger partial charge in [0.05, 0.1) is 0 Å². The summed E-state index contributed by atoms with van der Waals surface area (Å²) in [6.45, 7) is 3.05. The summed E-state index contributed by atoms with van der Waals surface area (Å²) >= 11 is 0. The number of anilines is 2. The van der Waals surface area contributed by atoms with E-state index in [0.29, 0.717) is 0 Å². The molecule has 0 fully saturated rings. The third-order valence-electron chi connectivity index (χ3n) is 1.65. The average molecular weight is 163 g/mol. The van der Waals surface area contributed by atoms with E-state index in [1.807, 2.05) is 24.3 Å². The van der Waals surface area contributed by atoms with Crippen LogP contribution in [0.2, 0.25) is 0 Å². The maximum Gasteiger partial charge on any atom is 0.0341 e. The van der Waals surface area contributed by atoms with E-state index in [-0.39, 0.29) is 0 Å². The minimum atomic E-state index is 0.806. The second-order valence-corrected chi connectivity index (χ2v) is 2.70. The van der Waals surface area contributed by atoms with Gasteiger partial charge in [0.1, 0.15) is 0 Å². The fourth-order valence-corrected chi connectivity index (χ4v) is 0.935. The third kappa shape index (κ3) is 2.82. The molecule has 0 aliphatic rings. The molecule has 0 bridgehead atoms. The SMILES string of the molecule is CC[CH]CNc1ccc(N)cc1. The largest absolute Gasteiger partial charge is 0.399 e. The number of nitrogens with two attached hydrogens (primary N) is 1. The number of rotatable bonds is 4. The molecule has 2 heteroatoms. The van der Waals surface area contributed by atoms with Crippen LogP contribution in [0, 0.1) is 6.42 Å². The molecule has 0 unspecified atom stereocenters. The maximum absolute atomic E-state index is 5.55. The highest BCUT2D eigenvalue weighted by molar-refractivity contribution is 5.51. The van der Waals surface area contributed by atoms with Crippen molar-refractivity contribution in [2.45, 2.75) is 13.3 Å². The summed E-state index contributed by atoms with van der Waals surface area (Å²) in [7, 11) is 0. The zero-order valence-electron chi connectivity index (χ0n) is 7.38. The molecular formula is C10H15N2. The second kappa shape index (κ2) is 4.65. The Balaban J connectivity index is 2.37. The fraction of sp³-hybridized carbons (Fsp3) is 0.300. The van der Waals surface area contributed by atoms with E-state index >= 15 is 0 Å². The number of hydrogen-bond donors (Lipinski definition) is 2. The topological polar surface area (TPSA) is 38.0 Å². The molecule has 1 radical (unpaired) electrons. The Labute approximate surface area is 73.8 Å². The van der Waals surface area contributed by atoms with Crippen molar-refractivity contribution in [2.75, 3.05) is 17.6 Å². The molecule has 12 heavy (non-hydrogen) atoms. The molecule has 0 saturated carbocycles. The van der Waals surface area contributed by atoms with Crippen molar-refractivity contribution >= 4 is 11.4 Å². The molecule has 0 heterocycles. The first-order chi connectivity index (χ1) is 5.83. The van der Waals surface area contributed by atoms with Crippen LogP contribution in [0.4, 0.5) is 11.4 Å². The highest BCUT2D eigenvalue weighted by atomic mass is 14.9. The fourth-order valence-electron chi connectivity index (χ4n) is 0.935. The Morgan fingerprint density at radius 1 is 1.33 bits per heavy atom. The van der Waals surface area contributed by atoms with Gasteiger partial charge in [0.2, 0.25) is 0 Å². The van der Waals surface area contributed by atoms with Gasteiger partial charge in [-0.2, -0.15) is 0 Å². The molecule has 2 nitrogen and oxygen atoms in total. The Morgan fingerprint density at radius 2 is 2.00 bits per heavy atom. The standard InChI is InChI=1S/C10H15N2/c1-2-3-8-12-10-6-4-9(11)5-7-10/h3-7,12H,2,8,11H2,1H3. The van der Waals surface area contributed by atoms with Crippen LogP contribution in [0.1, 0.15) is 13.3 Å². The van der Waals surface area contributed by atoms with E-state index in [2.05, 4.69) is 18.7 Å². The Hall–Kier alpha value is -1.18. The molecule has 0 atom stereocenters. The summed E-state index contributed by atoms with van der Waals surface area (Å²) in [5.41, 5.74) is 7.47. The lowest BCUT2D eigenvalue weighted by Crippen LogP contribution is -2.01. The highest BCUT2D eigenvalue weighted by Crippen LogP contribution is 2.09. The third-order valence-corrected chi connectivity index (χ3v) is 1.65. The molecule has 0 aliphatic heterocycles. The lowest BCUT2D eigenvalue weighted by molar-refractivity contribution is 1.04. The normalized spacial score (nSPS) is 9.75. The van der Waals surface area contributed by atoms with Crippen LogP contribution in [-0.4, -0.2) is 6.54 Å². The van der Waals surface area contributed by atoms with Crippen LogP contribution in [-0.2, 0) is 0 Å². The highest BCUT2D eigenvalue weighted by Gasteiger charge is 1.89. The summed E-state index contributed by atoms with van der Waals surface area (Å²) in [6.07, 6.45) is 3.29. The van der Waals surface area contributed by atoms with Crippen molar-refractivity contribution in [3.05, 3.63) is 30.7 Å². The first-order valence-corrected chi connectivity index (χ1v) is 4.24. The smallest absolute Gasteiger partial charge is 0.0341 e. The van der Waals surface area contributed by atoms with E-state index in [4.69, 9.17) is 5.73 Å². The van der Waals surface area contributed by atoms with Gasteiger partial charge in [-0.3, -0.25) is 0 Å².